The highest BCUT2D eigenvalue weighted by Gasteiger charge is 2.16. The number of aliphatic hydroxyl groups excluding tert-OH is 1. The number of halogens is 1. The lowest BCUT2D eigenvalue weighted by atomic mass is 10.1. The highest BCUT2D eigenvalue weighted by atomic mass is 19.1. The number of hydrogen-bond acceptors (Lipinski definition) is 6. The van der Waals surface area contributed by atoms with Crippen LogP contribution in [0, 0.1) is 5.82 Å². The van der Waals surface area contributed by atoms with Gasteiger partial charge in [0.05, 0.1) is 11.8 Å². The van der Waals surface area contributed by atoms with Crippen molar-refractivity contribution < 1.29 is 14.6 Å². The zero-order valence-corrected chi connectivity index (χ0v) is 14.5. The van der Waals surface area contributed by atoms with Gasteiger partial charge >= 0.3 is 0 Å². The molecule has 0 fully saturated rings. The van der Waals surface area contributed by atoms with E-state index in [1.54, 1.807) is 23.9 Å². The van der Waals surface area contributed by atoms with Crippen LogP contribution in [0.2, 0.25) is 0 Å². The van der Waals surface area contributed by atoms with Gasteiger partial charge in [-0.25, -0.2) is 14.4 Å². The highest BCUT2D eigenvalue weighted by molar-refractivity contribution is 5.79. The van der Waals surface area contributed by atoms with Crippen LogP contribution in [-0.4, -0.2) is 42.6 Å². The van der Waals surface area contributed by atoms with Crippen molar-refractivity contribution in [3.8, 4) is 28.3 Å². The van der Waals surface area contributed by atoms with Crippen molar-refractivity contribution >= 4 is 5.95 Å². The first-order valence-electron chi connectivity index (χ1n) is 8.29. The lowest BCUT2D eigenvalue weighted by Crippen LogP contribution is -2.16. The molecule has 1 aromatic carbocycles. The molecule has 0 spiro atoms. The second-order valence-electron chi connectivity index (χ2n) is 5.94. The Morgan fingerprint density at radius 1 is 1.31 bits per heavy atom. The van der Waals surface area contributed by atoms with Crippen LogP contribution in [0.3, 0.4) is 0 Å². The van der Waals surface area contributed by atoms with Crippen LogP contribution >= 0.6 is 0 Å². The maximum Gasteiger partial charge on any atom is 0.223 e. The first-order valence-corrected chi connectivity index (χ1v) is 8.29. The SMILES string of the molecule is CCn1cc(-c2ccnc(NC[C@H](C)O)n2)c(-c2cc(O)cc(F)c2)n1. The fourth-order valence-corrected chi connectivity index (χ4v) is 2.53. The first-order chi connectivity index (χ1) is 12.5. The number of rotatable bonds is 6. The van der Waals surface area contributed by atoms with Crippen LogP contribution in [0.1, 0.15) is 13.8 Å². The molecule has 0 amide bonds. The normalized spacial score (nSPS) is 12.2. The average molecular weight is 357 g/mol. The van der Waals surface area contributed by atoms with E-state index in [-0.39, 0.29) is 5.75 Å². The summed E-state index contributed by atoms with van der Waals surface area (Å²) in [6, 6.07) is 5.55. The third-order valence-corrected chi connectivity index (χ3v) is 3.73. The Kier molecular flexibility index (Phi) is 5.13. The first kappa shape index (κ1) is 17.8. The summed E-state index contributed by atoms with van der Waals surface area (Å²) in [5.74, 6) is -0.335. The van der Waals surface area contributed by atoms with Crippen LogP contribution in [0.15, 0.2) is 36.7 Å². The Balaban J connectivity index is 2.05. The Bertz CT molecular complexity index is 890. The summed E-state index contributed by atoms with van der Waals surface area (Å²) in [6.07, 6.45) is 2.89. The fraction of sp³-hybridized carbons (Fsp3) is 0.278. The third kappa shape index (κ3) is 3.97. The molecule has 1 atom stereocenters. The summed E-state index contributed by atoms with van der Waals surface area (Å²) in [4.78, 5) is 8.58. The van der Waals surface area contributed by atoms with Gasteiger partial charge < -0.3 is 15.5 Å². The van der Waals surface area contributed by atoms with Crippen molar-refractivity contribution in [3.05, 3.63) is 42.5 Å². The van der Waals surface area contributed by atoms with Crippen molar-refractivity contribution in [1.29, 1.82) is 0 Å². The summed E-state index contributed by atoms with van der Waals surface area (Å²) >= 11 is 0. The summed E-state index contributed by atoms with van der Waals surface area (Å²) in [6.45, 7) is 4.56. The summed E-state index contributed by atoms with van der Waals surface area (Å²) in [7, 11) is 0. The van der Waals surface area contributed by atoms with E-state index in [1.165, 1.54) is 12.1 Å². The molecule has 0 aliphatic carbocycles. The molecule has 8 heteroatoms. The van der Waals surface area contributed by atoms with Gasteiger partial charge in [-0.1, -0.05) is 0 Å². The zero-order chi connectivity index (χ0) is 18.7. The number of aliphatic hydroxyl groups is 1. The van der Waals surface area contributed by atoms with Gasteiger partial charge in [-0.15, -0.1) is 0 Å². The van der Waals surface area contributed by atoms with E-state index in [0.29, 0.717) is 41.6 Å². The predicted octanol–water partition coefficient (Wildman–Crippen LogP) is 2.66. The Morgan fingerprint density at radius 2 is 2.12 bits per heavy atom. The molecular weight excluding hydrogens is 337 g/mol. The van der Waals surface area contributed by atoms with Gasteiger partial charge in [-0.05, 0) is 32.0 Å². The van der Waals surface area contributed by atoms with Crippen molar-refractivity contribution in [3.63, 3.8) is 0 Å². The Hall–Kier alpha value is -3.00. The smallest absolute Gasteiger partial charge is 0.223 e. The van der Waals surface area contributed by atoms with E-state index in [1.807, 2.05) is 13.1 Å². The van der Waals surface area contributed by atoms with E-state index < -0.39 is 11.9 Å². The van der Waals surface area contributed by atoms with Gasteiger partial charge in [0, 0.05) is 42.7 Å². The van der Waals surface area contributed by atoms with Crippen molar-refractivity contribution in [2.45, 2.75) is 26.5 Å². The minimum Gasteiger partial charge on any atom is -0.508 e. The standard InChI is InChI=1S/C18H20FN5O2/c1-3-24-10-15(16-4-5-20-18(22-16)21-9-11(2)25)17(23-24)12-6-13(19)8-14(26)7-12/h4-8,10-11,25-26H,3,9H2,1-2H3,(H,20,21,22)/t11-/m0/s1. The molecule has 0 saturated heterocycles. The molecular formula is C18H20FN5O2. The molecule has 0 aliphatic heterocycles. The number of phenols is 1. The van der Waals surface area contributed by atoms with Gasteiger partial charge in [-0.2, -0.15) is 5.10 Å². The number of aromatic hydroxyl groups is 1. The number of benzene rings is 1. The molecule has 3 aromatic rings. The molecule has 2 aromatic heterocycles. The minimum atomic E-state index is -0.543. The van der Waals surface area contributed by atoms with Gasteiger partial charge in [0.1, 0.15) is 17.3 Å². The van der Waals surface area contributed by atoms with Gasteiger partial charge in [0.15, 0.2) is 0 Å². The van der Waals surface area contributed by atoms with Crippen molar-refractivity contribution in [1.82, 2.24) is 19.7 Å². The highest BCUT2D eigenvalue weighted by Crippen LogP contribution is 2.32. The van der Waals surface area contributed by atoms with E-state index in [9.17, 15) is 14.6 Å². The molecule has 0 radical (unpaired) electrons. The monoisotopic (exact) mass is 357 g/mol. The number of nitrogens with one attached hydrogen (secondary N) is 1. The van der Waals surface area contributed by atoms with E-state index >= 15 is 0 Å². The van der Waals surface area contributed by atoms with Gasteiger partial charge in [0.2, 0.25) is 5.95 Å². The minimum absolute atomic E-state index is 0.168. The zero-order valence-electron chi connectivity index (χ0n) is 14.5. The predicted molar refractivity (Wildman–Crippen MR) is 96.2 cm³/mol. The topological polar surface area (TPSA) is 96.1 Å². The number of hydrogen-bond donors (Lipinski definition) is 3. The van der Waals surface area contributed by atoms with E-state index in [4.69, 9.17) is 0 Å². The molecule has 3 N–H and O–H groups in total. The maximum absolute atomic E-state index is 13.7. The molecule has 26 heavy (non-hydrogen) atoms. The summed E-state index contributed by atoms with van der Waals surface area (Å²) in [5.41, 5.74) is 2.27. The van der Waals surface area contributed by atoms with Crippen LogP contribution in [-0.2, 0) is 6.54 Å². The lowest BCUT2D eigenvalue weighted by molar-refractivity contribution is 0.208. The van der Waals surface area contributed by atoms with Crippen LogP contribution in [0.4, 0.5) is 10.3 Å². The average Bonchev–Trinajstić information content (AvgIpc) is 3.04. The molecule has 136 valence electrons. The fourth-order valence-electron chi connectivity index (χ4n) is 2.53. The lowest BCUT2D eigenvalue weighted by Gasteiger charge is -2.08. The second kappa shape index (κ2) is 7.49. The number of aryl methyl sites for hydroxylation is 1. The van der Waals surface area contributed by atoms with Gasteiger partial charge in [-0.3, -0.25) is 4.68 Å². The molecule has 0 aliphatic rings. The maximum atomic E-state index is 13.7. The summed E-state index contributed by atoms with van der Waals surface area (Å²) < 4.78 is 15.4. The number of aromatic nitrogens is 4. The number of nitrogens with zero attached hydrogens (tertiary/aromatic N) is 4. The van der Waals surface area contributed by atoms with Crippen LogP contribution < -0.4 is 5.32 Å². The van der Waals surface area contributed by atoms with Crippen molar-refractivity contribution in [2.24, 2.45) is 0 Å². The molecule has 7 nitrogen and oxygen atoms in total. The van der Waals surface area contributed by atoms with E-state index in [0.717, 1.165) is 6.07 Å². The molecule has 3 rings (SSSR count). The summed E-state index contributed by atoms with van der Waals surface area (Å²) in [5, 5.41) is 26.5. The van der Waals surface area contributed by atoms with Crippen LogP contribution in [0.5, 0.6) is 5.75 Å². The Labute approximate surface area is 150 Å². The number of anilines is 1. The molecule has 2 heterocycles. The molecule has 0 unspecified atom stereocenters. The Morgan fingerprint density at radius 3 is 2.81 bits per heavy atom. The quantitative estimate of drug-likeness (QED) is 0.628. The number of phenolic OH excluding ortho intramolecular Hbond substituents is 1. The van der Waals surface area contributed by atoms with Gasteiger partial charge in [0.25, 0.3) is 0 Å². The molecule has 0 saturated carbocycles. The third-order valence-electron chi connectivity index (χ3n) is 3.73. The second-order valence-corrected chi connectivity index (χ2v) is 5.94. The van der Waals surface area contributed by atoms with E-state index in [2.05, 4.69) is 20.4 Å². The van der Waals surface area contributed by atoms with Crippen molar-refractivity contribution in [2.75, 3.05) is 11.9 Å². The van der Waals surface area contributed by atoms with Crippen LogP contribution in [0.25, 0.3) is 22.5 Å². The molecule has 0 bridgehead atoms. The largest absolute Gasteiger partial charge is 0.508 e.